The van der Waals surface area contributed by atoms with Crippen molar-refractivity contribution in [2.75, 3.05) is 7.05 Å². The molecule has 0 aliphatic carbocycles. The lowest BCUT2D eigenvalue weighted by Crippen LogP contribution is -2.41. The monoisotopic (exact) mass is 262 g/mol. The molecular weight excluding hydrogens is 236 g/mol. The predicted octanol–water partition coefficient (Wildman–Crippen LogP) is 2.90. The molecule has 0 saturated carbocycles. The van der Waals surface area contributed by atoms with E-state index in [-0.39, 0.29) is 11.9 Å². The van der Waals surface area contributed by atoms with Crippen LogP contribution >= 0.6 is 0 Å². The highest BCUT2D eigenvalue weighted by molar-refractivity contribution is 5.81. The molecule has 1 amide bonds. The molecular formula is C16H26N2O. The van der Waals surface area contributed by atoms with Crippen molar-refractivity contribution in [2.45, 2.75) is 52.1 Å². The summed E-state index contributed by atoms with van der Waals surface area (Å²) < 4.78 is 0. The van der Waals surface area contributed by atoms with Crippen LogP contribution < -0.4 is 5.73 Å². The number of carbonyl (C=O) groups excluding carboxylic acids is 1. The molecule has 3 nitrogen and oxygen atoms in total. The number of hydrogen-bond acceptors (Lipinski definition) is 2. The Morgan fingerprint density at radius 3 is 2.32 bits per heavy atom. The van der Waals surface area contributed by atoms with Gasteiger partial charge in [0.25, 0.3) is 0 Å². The third-order valence-corrected chi connectivity index (χ3v) is 3.36. The third kappa shape index (κ3) is 4.67. The van der Waals surface area contributed by atoms with E-state index in [1.807, 2.05) is 14.0 Å². The van der Waals surface area contributed by atoms with E-state index in [1.54, 1.807) is 4.90 Å². The van der Waals surface area contributed by atoms with E-state index >= 15 is 0 Å². The Bertz CT molecular complexity index is 398. The molecule has 3 heteroatoms. The van der Waals surface area contributed by atoms with Crippen LogP contribution in [0.5, 0.6) is 0 Å². The van der Waals surface area contributed by atoms with Crippen molar-refractivity contribution in [1.82, 2.24) is 4.90 Å². The summed E-state index contributed by atoms with van der Waals surface area (Å²) in [5.41, 5.74) is 8.32. The van der Waals surface area contributed by atoms with E-state index in [1.165, 1.54) is 5.56 Å². The molecule has 0 aliphatic rings. The van der Waals surface area contributed by atoms with Gasteiger partial charge in [0.05, 0.1) is 6.04 Å². The van der Waals surface area contributed by atoms with E-state index in [0.29, 0.717) is 12.5 Å². The van der Waals surface area contributed by atoms with E-state index in [2.05, 4.69) is 38.1 Å². The maximum absolute atomic E-state index is 12.0. The maximum Gasteiger partial charge on any atom is 0.239 e. The van der Waals surface area contributed by atoms with Crippen molar-refractivity contribution in [3.05, 3.63) is 35.4 Å². The highest BCUT2D eigenvalue weighted by Gasteiger charge is 2.17. The predicted molar refractivity (Wildman–Crippen MR) is 79.9 cm³/mol. The van der Waals surface area contributed by atoms with Crippen LogP contribution in [0.15, 0.2) is 24.3 Å². The average molecular weight is 262 g/mol. The second-order valence-corrected chi connectivity index (χ2v) is 5.49. The molecule has 1 aromatic rings. The molecule has 19 heavy (non-hydrogen) atoms. The van der Waals surface area contributed by atoms with Gasteiger partial charge in [-0.3, -0.25) is 4.79 Å². The van der Waals surface area contributed by atoms with Gasteiger partial charge >= 0.3 is 0 Å². The Morgan fingerprint density at radius 1 is 1.26 bits per heavy atom. The molecule has 1 atom stereocenters. The number of carbonyl (C=O) groups is 1. The molecule has 0 radical (unpaired) electrons. The summed E-state index contributed by atoms with van der Waals surface area (Å²) in [4.78, 5) is 13.7. The Morgan fingerprint density at radius 2 is 1.84 bits per heavy atom. The summed E-state index contributed by atoms with van der Waals surface area (Å²) in [6, 6.07) is 8.06. The fourth-order valence-corrected chi connectivity index (χ4v) is 2.08. The van der Waals surface area contributed by atoms with Crippen molar-refractivity contribution in [2.24, 2.45) is 5.73 Å². The number of amides is 1. The summed E-state index contributed by atoms with van der Waals surface area (Å²) in [6.07, 6.45) is 1.68. The van der Waals surface area contributed by atoms with Crippen LogP contribution in [0.1, 0.15) is 50.7 Å². The molecule has 0 saturated heterocycles. The maximum atomic E-state index is 12.0. The van der Waals surface area contributed by atoms with Crippen molar-refractivity contribution >= 4 is 5.91 Å². The van der Waals surface area contributed by atoms with Crippen LogP contribution in [0.2, 0.25) is 0 Å². The average Bonchev–Trinajstić information content (AvgIpc) is 2.38. The Balaban J connectivity index is 2.61. The lowest BCUT2D eigenvalue weighted by Gasteiger charge is -2.21. The van der Waals surface area contributed by atoms with Crippen molar-refractivity contribution in [3.8, 4) is 0 Å². The van der Waals surface area contributed by atoms with Crippen molar-refractivity contribution in [3.63, 3.8) is 0 Å². The van der Waals surface area contributed by atoms with Crippen LogP contribution in [0.4, 0.5) is 0 Å². The molecule has 0 aromatic heterocycles. The van der Waals surface area contributed by atoms with Gasteiger partial charge in [0.2, 0.25) is 5.91 Å². The SMILES string of the molecule is CCCC(N)C(=O)N(C)Cc1ccc(C(C)C)cc1. The summed E-state index contributed by atoms with van der Waals surface area (Å²) in [5.74, 6) is 0.557. The smallest absolute Gasteiger partial charge is 0.239 e. The first-order valence-electron chi connectivity index (χ1n) is 7.05. The molecule has 0 heterocycles. The zero-order chi connectivity index (χ0) is 14.4. The quantitative estimate of drug-likeness (QED) is 0.857. The molecule has 1 aromatic carbocycles. The van der Waals surface area contributed by atoms with Crippen LogP contribution in [-0.4, -0.2) is 23.9 Å². The van der Waals surface area contributed by atoms with Crippen LogP contribution in [0.3, 0.4) is 0 Å². The zero-order valence-corrected chi connectivity index (χ0v) is 12.5. The van der Waals surface area contributed by atoms with Gasteiger partial charge in [-0.15, -0.1) is 0 Å². The third-order valence-electron chi connectivity index (χ3n) is 3.36. The summed E-state index contributed by atoms with van der Waals surface area (Å²) in [7, 11) is 1.81. The van der Waals surface area contributed by atoms with Gasteiger partial charge in [0, 0.05) is 13.6 Å². The first-order chi connectivity index (χ1) is 8.95. The highest BCUT2D eigenvalue weighted by Crippen LogP contribution is 2.15. The number of likely N-dealkylation sites (N-methyl/N-ethyl adjacent to an activating group) is 1. The molecule has 106 valence electrons. The first-order valence-corrected chi connectivity index (χ1v) is 7.05. The van der Waals surface area contributed by atoms with Gasteiger partial charge < -0.3 is 10.6 Å². The number of nitrogens with zero attached hydrogens (tertiary/aromatic N) is 1. The van der Waals surface area contributed by atoms with Crippen molar-refractivity contribution in [1.29, 1.82) is 0 Å². The topological polar surface area (TPSA) is 46.3 Å². The van der Waals surface area contributed by atoms with Crippen LogP contribution in [0.25, 0.3) is 0 Å². The number of rotatable bonds is 6. The van der Waals surface area contributed by atoms with Gasteiger partial charge in [-0.2, -0.15) is 0 Å². The summed E-state index contributed by atoms with van der Waals surface area (Å²) >= 11 is 0. The lowest BCUT2D eigenvalue weighted by molar-refractivity contribution is -0.131. The fraction of sp³-hybridized carbons (Fsp3) is 0.562. The van der Waals surface area contributed by atoms with E-state index in [9.17, 15) is 4.79 Å². The number of benzene rings is 1. The van der Waals surface area contributed by atoms with Crippen LogP contribution in [0, 0.1) is 0 Å². The van der Waals surface area contributed by atoms with E-state index in [0.717, 1.165) is 18.4 Å². The minimum absolute atomic E-state index is 0.0230. The van der Waals surface area contributed by atoms with Crippen LogP contribution in [-0.2, 0) is 11.3 Å². The molecule has 1 rings (SSSR count). The summed E-state index contributed by atoms with van der Waals surface area (Å²) in [5, 5.41) is 0. The second-order valence-electron chi connectivity index (χ2n) is 5.49. The molecule has 0 fully saturated rings. The standard InChI is InChI=1S/C16H26N2O/c1-5-6-15(17)16(19)18(4)11-13-7-9-14(10-8-13)12(2)3/h7-10,12,15H,5-6,11,17H2,1-4H3. The lowest BCUT2D eigenvalue weighted by atomic mass is 10.0. The molecule has 2 N–H and O–H groups in total. The highest BCUT2D eigenvalue weighted by atomic mass is 16.2. The van der Waals surface area contributed by atoms with E-state index in [4.69, 9.17) is 5.73 Å². The van der Waals surface area contributed by atoms with Gasteiger partial charge in [-0.25, -0.2) is 0 Å². The largest absolute Gasteiger partial charge is 0.340 e. The minimum atomic E-state index is -0.370. The number of nitrogens with two attached hydrogens (primary N) is 1. The molecule has 0 spiro atoms. The first kappa shape index (κ1) is 15.7. The number of hydrogen-bond donors (Lipinski definition) is 1. The van der Waals surface area contributed by atoms with Gasteiger partial charge in [0.1, 0.15) is 0 Å². The minimum Gasteiger partial charge on any atom is -0.340 e. The van der Waals surface area contributed by atoms with Gasteiger partial charge in [-0.05, 0) is 23.5 Å². The molecule has 1 unspecified atom stereocenters. The fourth-order valence-electron chi connectivity index (χ4n) is 2.08. The summed E-state index contributed by atoms with van der Waals surface area (Å²) in [6.45, 7) is 7.01. The molecule has 0 bridgehead atoms. The Labute approximate surface area is 116 Å². The second kappa shape index (κ2) is 7.29. The normalized spacial score (nSPS) is 12.5. The van der Waals surface area contributed by atoms with Gasteiger partial charge in [-0.1, -0.05) is 51.5 Å². The van der Waals surface area contributed by atoms with Gasteiger partial charge in [0.15, 0.2) is 0 Å². The van der Waals surface area contributed by atoms with Crippen molar-refractivity contribution < 1.29 is 4.79 Å². The Kier molecular flexibility index (Phi) is 6.03. The Hall–Kier alpha value is -1.35. The molecule has 0 aliphatic heterocycles. The zero-order valence-electron chi connectivity index (χ0n) is 12.5. The van der Waals surface area contributed by atoms with E-state index < -0.39 is 0 Å².